The van der Waals surface area contributed by atoms with Crippen molar-refractivity contribution in [1.29, 1.82) is 0 Å². The average Bonchev–Trinajstić information content (AvgIpc) is 3.24. The molecule has 1 saturated carbocycles. The highest BCUT2D eigenvalue weighted by atomic mass is 32.2. The predicted molar refractivity (Wildman–Crippen MR) is 129 cm³/mol. The van der Waals surface area contributed by atoms with E-state index >= 15 is 0 Å². The molecule has 0 bridgehead atoms. The average molecular weight is 476 g/mol. The first-order valence-corrected chi connectivity index (χ1v) is 13.5. The third kappa shape index (κ3) is 7.64. The van der Waals surface area contributed by atoms with Crippen molar-refractivity contribution in [1.82, 2.24) is 4.72 Å². The van der Waals surface area contributed by atoms with Crippen LogP contribution in [0.5, 0.6) is 5.75 Å². The number of benzene rings is 2. The number of hydrogen-bond donors (Lipinski definition) is 1. The standard InChI is InChI=1S/C26H34FNO4S/c1-18(23-15-24(27)17-25(16-23)32-2)13-19-6-7-22(14-19)20-8-10-21(11-9-20)26(29)5-4-12-28-33(3,30)31/h8-11,15-19,22,28H,4-7,12-14H2,1-3H3/t18-,19+,22+/m0/s1. The molecule has 1 aliphatic rings. The van der Waals surface area contributed by atoms with Gasteiger partial charge in [-0.25, -0.2) is 17.5 Å². The molecule has 0 radical (unpaired) electrons. The normalized spacial score (nSPS) is 19.4. The number of nitrogens with one attached hydrogen (secondary N) is 1. The van der Waals surface area contributed by atoms with Crippen LogP contribution in [0.4, 0.5) is 4.39 Å². The van der Waals surface area contributed by atoms with Crippen molar-refractivity contribution in [3.05, 3.63) is 65.0 Å². The first-order chi connectivity index (χ1) is 15.6. The van der Waals surface area contributed by atoms with E-state index in [1.807, 2.05) is 18.2 Å². The molecule has 33 heavy (non-hydrogen) atoms. The Kier molecular flexibility index (Phi) is 8.65. The first kappa shape index (κ1) is 25.4. The number of carbonyl (C=O) groups is 1. The summed E-state index contributed by atoms with van der Waals surface area (Å²) in [4.78, 5) is 12.4. The minimum absolute atomic E-state index is 0.0282. The molecule has 0 unspecified atom stereocenters. The lowest BCUT2D eigenvalue weighted by molar-refractivity contribution is 0.0980. The van der Waals surface area contributed by atoms with E-state index in [0.717, 1.165) is 37.5 Å². The van der Waals surface area contributed by atoms with Crippen LogP contribution in [-0.4, -0.2) is 34.1 Å². The third-order valence-electron chi connectivity index (χ3n) is 6.58. The Morgan fingerprint density at radius 2 is 1.91 bits per heavy atom. The summed E-state index contributed by atoms with van der Waals surface area (Å²) in [5.41, 5.74) is 2.90. The second-order valence-electron chi connectivity index (χ2n) is 9.25. The smallest absolute Gasteiger partial charge is 0.208 e. The van der Waals surface area contributed by atoms with Crippen LogP contribution < -0.4 is 9.46 Å². The monoisotopic (exact) mass is 475 g/mol. The lowest BCUT2D eigenvalue weighted by Gasteiger charge is -2.18. The van der Waals surface area contributed by atoms with Gasteiger partial charge >= 0.3 is 0 Å². The molecule has 3 rings (SSSR count). The zero-order valence-corrected chi connectivity index (χ0v) is 20.5. The molecule has 2 aromatic carbocycles. The zero-order valence-electron chi connectivity index (χ0n) is 19.6. The van der Waals surface area contributed by atoms with E-state index in [1.165, 1.54) is 11.6 Å². The van der Waals surface area contributed by atoms with Crippen molar-refractivity contribution < 1.29 is 22.3 Å². The summed E-state index contributed by atoms with van der Waals surface area (Å²) in [6.45, 7) is 2.42. The maximum atomic E-state index is 13.9. The minimum atomic E-state index is -3.22. The van der Waals surface area contributed by atoms with Crippen LogP contribution in [0.1, 0.15) is 78.8 Å². The van der Waals surface area contributed by atoms with Crippen LogP contribution in [0, 0.1) is 11.7 Å². The van der Waals surface area contributed by atoms with Gasteiger partial charge in [0.2, 0.25) is 10.0 Å². The molecule has 180 valence electrons. The fourth-order valence-corrected chi connectivity index (χ4v) is 5.32. The van der Waals surface area contributed by atoms with Crippen molar-refractivity contribution in [2.24, 2.45) is 5.92 Å². The lowest BCUT2D eigenvalue weighted by atomic mass is 9.87. The highest BCUT2D eigenvalue weighted by Gasteiger charge is 2.27. The Morgan fingerprint density at radius 1 is 1.18 bits per heavy atom. The van der Waals surface area contributed by atoms with Gasteiger partial charge < -0.3 is 4.74 Å². The summed E-state index contributed by atoms with van der Waals surface area (Å²) in [7, 11) is -1.66. The van der Waals surface area contributed by atoms with Crippen molar-refractivity contribution in [2.75, 3.05) is 19.9 Å². The fourth-order valence-electron chi connectivity index (χ4n) is 4.81. The molecule has 7 heteroatoms. The maximum absolute atomic E-state index is 13.9. The molecule has 3 atom stereocenters. The van der Waals surface area contributed by atoms with Crippen molar-refractivity contribution in [2.45, 2.75) is 57.3 Å². The van der Waals surface area contributed by atoms with E-state index in [2.05, 4.69) is 23.8 Å². The van der Waals surface area contributed by atoms with Gasteiger partial charge in [-0.1, -0.05) is 31.2 Å². The quantitative estimate of drug-likeness (QED) is 0.348. The van der Waals surface area contributed by atoms with E-state index in [4.69, 9.17) is 4.74 Å². The molecule has 1 fully saturated rings. The molecule has 2 aromatic rings. The number of methoxy groups -OCH3 is 1. The van der Waals surface area contributed by atoms with Crippen LogP contribution in [0.15, 0.2) is 42.5 Å². The summed E-state index contributed by atoms with van der Waals surface area (Å²) in [5, 5.41) is 0. The van der Waals surface area contributed by atoms with Gasteiger partial charge in [-0.3, -0.25) is 4.79 Å². The molecular formula is C26H34FNO4S. The Balaban J connectivity index is 1.50. The molecule has 1 aliphatic carbocycles. The predicted octanol–water partition coefficient (Wildman–Crippen LogP) is 5.42. The Hall–Kier alpha value is -2.25. The highest BCUT2D eigenvalue weighted by Crippen LogP contribution is 2.42. The molecule has 1 N–H and O–H groups in total. The molecule has 0 spiro atoms. The van der Waals surface area contributed by atoms with Crippen LogP contribution in [0.3, 0.4) is 0 Å². The van der Waals surface area contributed by atoms with Gasteiger partial charge in [0, 0.05) is 24.6 Å². The number of halogens is 1. The number of rotatable bonds is 11. The molecule has 0 saturated heterocycles. The molecule has 0 aromatic heterocycles. The van der Waals surface area contributed by atoms with Crippen LogP contribution >= 0.6 is 0 Å². The van der Waals surface area contributed by atoms with Gasteiger partial charge in [-0.05, 0) is 73.1 Å². The number of ether oxygens (including phenoxy) is 1. The summed E-state index contributed by atoms with van der Waals surface area (Å²) in [6, 6.07) is 12.8. The van der Waals surface area contributed by atoms with Gasteiger partial charge in [0.25, 0.3) is 0 Å². The number of sulfonamides is 1. The number of ketones is 1. The Labute approximate surface area is 196 Å². The fraction of sp³-hybridized carbons (Fsp3) is 0.500. The van der Waals surface area contributed by atoms with Gasteiger partial charge in [0.05, 0.1) is 13.4 Å². The number of hydrogen-bond acceptors (Lipinski definition) is 4. The van der Waals surface area contributed by atoms with Gasteiger partial charge in [-0.15, -0.1) is 0 Å². The molecule has 0 amide bonds. The SMILES string of the molecule is COc1cc(F)cc([C@@H](C)C[C@H]2CC[C@@H](c3ccc(C(=O)CCCNS(C)(=O)=O)cc3)C2)c1. The van der Waals surface area contributed by atoms with Crippen molar-refractivity contribution in [3.8, 4) is 5.75 Å². The number of Topliss-reactive ketones (excluding diaryl/α,β-unsaturated/α-hetero) is 1. The summed E-state index contributed by atoms with van der Waals surface area (Å²) < 4.78 is 43.7. The summed E-state index contributed by atoms with van der Waals surface area (Å²) in [5.74, 6) is 1.65. The van der Waals surface area contributed by atoms with E-state index in [1.54, 1.807) is 13.2 Å². The highest BCUT2D eigenvalue weighted by molar-refractivity contribution is 7.88. The zero-order chi connectivity index (χ0) is 24.0. The van der Waals surface area contributed by atoms with E-state index < -0.39 is 10.0 Å². The summed E-state index contributed by atoms with van der Waals surface area (Å²) in [6.07, 6.45) is 6.29. The topological polar surface area (TPSA) is 72.5 Å². The second kappa shape index (κ2) is 11.3. The van der Waals surface area contributed by atoms with Gasteiger partial charge in [0.1, 0.15) is 11.6 Å². The van der Waals surface area contributed by atoms with Crippen LogP contribution in [0.25, 0.3) is 0 Å². The number of carbonyl (C=O) groups excluding carboxylic acids is 1. The Bertz CT molecular complexity index is 1050. The van der Waals surface area contributed by atoms with Crippen molar-refractivity contribution in [3.63, 3.8) is 0 Å². The molecule has 0 aliphatic heterocycles. The third-order valence-corrected chi connectivity index (χ3v) is 7.30. The lowest BCUT2D eigenvalue weighted by Crippen LogP contribution is -2.23. The van der Waals surface area contributed by atoms with E-state index in [0.29, 0.717) is 36.0 Å². The molecule has 5 nitrogen and oxygen atoms in total. The van der Waals surface area contributed by atoms with Gasteiger partial charge in [-0.2, -0.15) is 0 Å². The van der Waals surface area contributed by atoms with Gasteiger partial charge in [0.15, 0.2) is 5.78 Å². The van der Waals surface area contributed by atoms with Crippen molar-refractivity contribution >= 4 is 15.8 Å². The van der Waals surface area contributed by atoms with E-state index in [-0.39, 0.29) is 24.1 Å². The minimum Gasteiger partial charge on any atom is -0.497 e. The summed E-state index contributed by atoms with van der Waals surface area (Å²) >= 11 is 0. The van der Waals surface area contributed by atoms with Crippen LogP contribution in [0.2, 0.25) is 0 Å². The second-order valence-corrected chi connectivity index (χ2v) is 11.1. The van der Waals surface area contributed by atoms with Crippen LogP contribution in [-0.2, 0) is 10.0 Å². The largest absolute Gasteiger partial charge is 0.497 e. The maximum Gasteiger partial charge on any atom is 0.208 e. The first-order valence-electron chi connectivity index (χ1n) is 11.6. The molecular weight excluding hydrogens is 441 g/mol. The Morgan fingerprint density at radius 3 is 2.58 bits per heavy atom. The molecule has 0 heterocycles. The van der Waals surface area contributed by atoms with E-state index in [9.17, 15) is 17.6 Å².